The first kappa shape index (κ1) is 16.1. The van der Waals surface area contributed by atoms with Gasteiger partial charge in [0.05, 0.1) is 12.1 Å². The minimum absolute atomic E-state index is 0.0534. The lowest BCUT2D eigenvalue weighted by molar-refractivity contribution is -0.118. The Balaban J connectivity index is 1.43. The van der Waals surface area contributed by atoms with Crippen LogP contribution in [0.15, 0.2) is 0 Å². The van der Waals surface area contributed by atoms with Gasteiger partial charge >= 0.3 is 0 Å². The summed E-state index contributed by atoms with van der Waals surface area (Å²) in [6.07, 6.45) is 11.0. The van der Waals surface area contributed by atoms with E-state index in [2.05, 4.69) is 16.3 Å². The number of aryl methyl sites for hydroxylation is 1. The third-order valence-corrected chi connectivity index (χ3v) is 7.20. The first-order chi connectivity index (χ1) is 11.8. The molecule has 3 aliphatic rings. The van der Waals surface area contributed by atoms with Crippen LogP contribution in [0.4, 0.5) is 5.00 Å². The molecule has 5 heteroatoms. The number of amides is 1. The topological polar surface area (TPSA) is 56.1 Å². The van der Waals surface area contributed by atoms with Crippen LogP contribution < -0.4 is 5.32 Å². The second kappa shape index (κ2) is 6.85. The highest BCUT2D eigenvalue weighted by Gasteiger charge is 2.34. The summed E-state index contributed by atoms with van der Waals surface area (Å²) >= 11 is 1.61. The highest BCUT2D eigenvalue weighted by atomic mass is 32.1. The number of thiophene rings is 1. The summed E-state index contributed by atoms with van der Waals surface area (Å²) in [5.41, 5.74) is 1.90. The van der Waals surface area contributed by atoms with Gasteiger partial charge < -0.3 is 5.32 Å². The molecule has 1 saturated carbocycles. The molecule has 2 aliphatic carbocycles. The normalized spacial score (nSPS) is 26.5. The van der Waals surface area contributed by atoms with Crippen molar-refractivity contribution in [2.45, 2.75) is 63.8 Å². The van der Waals surface area contributed by atoms with Gasteiger partial charge in [-0.05, 0) is 63.0 Å². The predicted molar refractivity (Wildman–Crippen MR) is 96.2 cm³/mol. The Hall–Kier alpha value is -1.38. The number of rotatable bonds is 3. The van der Waals surface area contributed by atoms with Crippen molar-refractivity contribution in [3.05, 3.63) is 16.0 Å². The number of hydrogen-bond acceptors (Lipinski definition) is 4. The maximum absolute atomic E-state index is 12.6. The molecule has 1 saturated heterocycles. The molecule has 1 amide bonds. The number of nitriles is 1. The van der Waals surface area contributed by atoms with E-state index < -0.39 is 0 Å². The van der Waals surface area contributed by atoms with Crippen molar-refractivity contribution in [2.24, 2.45) is 5.92 Å². The number of nitrogens with one attached hydrogen (secondary N) is 1. The van der Waals surface area contributed by atoms with Crippen LogP contribution in [0.3, 0.4) is 0 Å². The van der Waals surface area contributed by atoms with Crippen molar-refractivity contribution in [3.8, 4) is 6.07 Å². The molecule has 0 radical (unpaired) electrons. The van der Waals surface area contributed by atoms with Crippen molar-refractivity contribution in [1.82, 2.24) is 4.90 Å². The van der Waals surface area contributed by atoms with Crippen LogP contribution in [-0.2, 0) is 17.6 Å². The number of likely N-dealkylation sites (tertiary alicyclic amines) is 1. The zero-order valence-corrected chi connectivity index (χ0v) is 15.0. The van der Waals surface area contributed by atoms with E-state index in [1.807, 2.05) is 0 Å². The average molecular weight is 343 g/mol. The van der Waals surface area contributed by atoms with E-state index in [1.165, 1.54) is 49.0 Å². The van der Waals surface area contributed by atoms with Gasteiger partial charge in [-0.15, -0.1) is 11.3 Å². The Kier molecular flexibility index (Phi) is 4.60. The lowest BCUT2D eigenvalue weighted by Gasteiger charge is -2.43. The summed E-state index contributed by atoms with van der Waals surface area (Å²) in [5.74, 6) is 0.846. The van der Waals surface area contributed by atoms with Crippen LogP contribution in [0.25, 0.3) is 0 Å². The number of piperidine rings is 1. The molecule has 4 rings (SSSR count). The summed E-state index contributed by atoms with van der Waals surface area (Å²) in [7, 11) is 0. The third-order valence-electron chi connectivity index (χ3n) is 5.99. The van der Waals surface area contributed by atoms with E-state index in [0.717, 1.165) is 42.3 Å². The summed E-state index contributed by atoms with van der Waals surface area (Å²) in [6.45, 7) is 1.52. The van der Waals surface area contributed by atoms with E-state index in [-0.39, 0.29) is 5.91 Å². The summed E-state index contributed by atoms with van der Waals surface area (Å²) < 4.78 is 0. The van der Waals surface area contributed by atoms with Gasteiger partial charge in [-0.3, -0.25) is 9.69 Å². The van der Waals surface area contributed by atoms with Gasteiger partial charge in [0.25, 0.3) is 0 Å². The Morgan fingerprint density at radius 2 is 2.04 bits per heavy atom. The minimum atomic E-state index is 0.0534. The Bertz CT molecular complexity index is 673. The number of carbonyl (C=O) groups excluding carboxylic acids is 1. The molecule has 2 atom stereocenters. The van der Waals surface area contributed by atoms with Gasteiger partial charge in [0.1, 0.15) is 11.1 Å². The summed E-state index contributed by atoms with van der Waals surface area (Å²) in [6, 6.07) is 2.91. The molecular weight excluding hydrogens is 318 g/mol. The lowest BCUT2D eigenvalue weighted by Crippen LogP contribution is -2.49. The average Bonchev–Trinajstić information content (AvgIpc) is 3.15. The van der Waals surface area contributed by atoms with E-state index in [9.17, 15) is 10.1 Å². The second-order valence-electron chi connectivity index (χ2n) is 7.45. The van der Waals surface area contributed by atoms with Crippen molar-refractivity contribution in [3.63, 3.8) is 0 Å². The predicted octanol–water partition coefficient (Wildman–Crippen LogP) is 3.70. The van der Waals surface area contributed by atoms with Gasteiger partial charge in [0.15, 0.2) is 0 Å². The molecule has 1 aliphatic heterocycles. The fourth-order valence-electron chi connectivity index (χ4n) is 4.89. The zero-order chi connectivity index (χ0) is 16.5. The quantitative estimate of drug-likeness (QED) is 0.910. The summed E-state index contributed by atoms with van der Waals surface area (Å²) in [4.78, 5) is 16.3. The molecule has 1 N–H and O–H groups in total. The van der Waals surface area contributed by atoms with Gasteiger partial charge in [-0.2, -0.15) is 5.26 Å². The van der Waals surface area contributed by atoms with E-state index in [1.54, 1.807) is 11.3 Å². The van der Waals surface area contributed by atoms with Gasteiger partial charge in [0, 0.05) is 10.9 Å². The van der Waals surface area contributed by atoms with Gasteiger partial charge in [-0.1, -0.05) is 12.8 Å². The number of fused-ring (bicyclic) bond motifs is 2. The Labute approximate surface area is 147 Å². The van der Waals surface area contributed by atoms with E-state index in [4.69, 9.17) is 0 Å². The molecule has 24 heavy (non-hydrogen) atoms. The first-order valence-corrected chi connectivity index (χ1v) is 10.2. The molecule has 4 nitrogen and oxygen atoms in total. The molecule has 2 heterocycles. The molecule has 0 bridgehead atoms. The molecule has 128 valence electrons. The van der Waals surface area contributed by atoms with Crippen molar-refractivity contribution in [1.29, 1.82) is 5.26 Å². The fraction of sp³-hybridized carbons (Fsp3) is 0.684. The number of hydrogen-bond donors (Lipinski definition) is 1. The third kappa shape index (κ3) is 2.98. The Morgan fingerprint density at radius 1 is 1.21 bits per heavy atom. The SMILES string of the molecule is N#Cc1c(NC(=O)CN2CCCC3CCCCC32)sc2c1CCC2. The van der Waals surface area contributed by atoms with Gasteiger partial charge in [0.2, 0.25) is 5.91 Å². The molecule has 2 unspecified atom stereocenters. The number of nitrogens with zero attached hydrogens (tertiary/aromatic N) is 2. The summed E-state index contributed by atoms with van der Waals surface area (Å²) in [5, 5.41) is 13.3. The molecule has 0 aromatic carbocycles. The monoisotopic (exact) mass is 343 g/mol. The second-order valence-corrected chi connectivity index (χ2v) is 8.55. The lowest BCUT2D eigenvalue weighted by atomic mass is 9.78. The highest BCUT2D eigenvalue weighted by molar-refractivity contribution is 7.16. The van der Waals surface area contributed by atoms with Crippen molar-refractivity contribution in [2.75, 3.05) is 18.4 Å². The minimum Gasteiger partial charge on any atom is -0.315 e. The Morgan fingerprint density at radius 3 is 2.92 bits per heavy atom. The van der Waals surface area contributed by atoms with Crippen LogP contribution in [0.5, 0.6) is 0 Å². The first-order valence-electron chi connectivity index (χ1n) is 9.35. The highest BCUT2D eigenvalue weighted by Crippen LogP contribution is 2.39. The largest absolute Gasteiger partial charge is 0.315 e. The van der Waals surface area contributed by atoms with Crippen molar-refractivity contribution >= 4 is 22.2 Å². The molecule has 0 spiro atoms. The van der Waals surface area contributed by atoms with Crippen LogP contribution in [0, 0.1) is 17.2 Å². The number of anilines is 1. The molecule has 1 aromatic rings. The maximum Gasteiger partial charge on any atom is 0.239 e. The maximum atomic E-state index is 12.6. The molecule has 1 aromatic heterocycles. The fourth-order valence-corrected chi connectivity index (χ4v) is 6.14. The number of carbonyl (C=O) groups is 1. The van der Waals surface area contributed by atoms with Crippen LogP contribution in [0.2, 0.25) is 0 Å². The smallest absolute Gasteiger partial charge is 0.239 e. The van der Waals surface area contributed by atoms with Crippen LogP contribution in [-0.4, -0.2) is 29.9 Å². The molecular formula is C19H25N3OS. The van der Waals surface area contributed by atoms with Gasteiger partial charge in [-0.25, -0.2) is 0 Å². The van der Waals surface area contributed by atoms with Crippen molar-refractivity contribution < 1.29 is 4.79 Å². The standard InChI is InChI=1S/C19H25N3OS/c20-11-15-14-7-3-9-17(14)24-19(15)21-18(23)12-22-10-4-6-13-5-1-2-8-16(13)22/h13,16H,1-10,12H2,(H,21,23). The van der Waals surface area contributed by atoms with E-state index >= 15 is 0 Å². The van der Waals surface area contributed by atoms with Crippen LogP contribution >= 0.6 is 11.3 Å². The van der Waals surface area contributed by atoms with Crippen LogP contribution in [0.1, 0.15) is 60.9 Å². The molecule has 2 fully saturated rings. The zero-order valence-electron chi connectivity index (χ0n) is 14.1. The van der Waals surface area contributed by atoms with E-state index in [0.29, 0.717) is 12.6 Å².